The van der Waals surface area contributed by atoms with Crippen LogP contribution in [0.15, 0.2) is 17.1 Å². The second-order valence-electron chi connectivity index (χ2n) is 6.81. The van der Waals surface area contributed by atoms with Gasteiger partial charge in [0.15, 0.2) is 0 Å². The number of rotatable bonds is 3. The summed E-state index contributed by atoms with van der Waals surface area (Å²) < 4.78 is 5.50. The molecule has 0 aliphatic carbocycles. The lowest BCUT2D eigenvalue weighted by Gasteiger charge is -2.26. The van der Waals surface area contributed by atoms with Crippen LogP contribution in [0.1, 0.15) is 37.0 Å². The Balaban J connectivity index is 0.000000647. The molecule has 2 heterocycles. The summed E-state index contributed by atoms with van der Waals surface area (Å²) in [6.45, 7) is 8.83. The highest BCUT2D eigenvalue weighted by Crippen LogP contribution is 2.31. The van der Waals surface area contributed by atoms with Gasteiger partial charge in [-0.05, 0) is 54.5 Å². The predicted molar refractivity (Wildman–Crippen MR) is 93.7 cm³/mol. The summed E-state index contributed by atoms with van der Waals surface area (Å²) in [5.74, 6) is 0.601. The molecule has 1 saturated heterocycles. The van der Waals surface area contributed by atoms with Crippen LogP contribution in [-0.4, -0.2) is 44.7 Å². The maximum Gasteiger partial charge on any atom is 0.373 e. The van der Waals surface area contributed by atoms with Gasteiger partial charge in [0.25, 0.3) is 0 Å². The first-order valence-electron chi connectivity index (χ1n) is 8.43. The van der Waals surface area contributed by atoms with E-state index in [2.05, 4.69) is 44.0 Å². The number of ether oxygens (including phenoxy) is 1. The lowest BCUT2D eigenvalue weighted by molar-refractivity contribution is -0.191. The third-order valence-corrected chi connectivity index (χ3v) is 4.88. The molecule has 1 aromatic carbocycles. The van der Waals surface area contributed by atoms with Crippen LogP contribution in [0.4, 0.5) is 5.69 Å². The van der Waals surface area contributed by atoms with E-state index < -0.39 is 0 Å². The maximum atomic E-state index is 8.12. The first-order chi connectivity index (χ1) is 11.5. The second kappa shape index (κ2) is 8.22. The zero-order chi connectivity index (χ0) is 17.7. The summed E-state index contributed by atoms with van der Waals surface area (Å²) in [7, 11) is 1.82. The summed E-state index contributed by atoms with van der Waals surface area (Å²) in [4.78, 5) is 23.4. The van der Waals surface area contributed by atoms with Crippen molar-refractivity contribution in [3.8, 4) is 0 Å². The van der Waals surface area contributed by atoms with Crippen LogP contribution in [-0.2, 0) is 20.7 Å². The van der Waals surface area contributed by atoms with Crippen LogP contribution in [0.3, 0.4) is 0 Å². The topological polar surface area (TPSA) is 59.0 Å². The molecular weight excluding hydrogens is 304 g/mol. The average molecular weight is 330 g/mol. The number of nitrogens with zero attached hydrogens (tertiary/aromatic N) is 2. The highest BCUT2D eigenvalue weighted by molar-refractivity contribution is 5.85. The van der Waals surface area contributed by atoms with Crippen LogP contribution in [0.2, 0.25) is 0 Å². The Kier molecular flexibility index (Phi) is 6.29. The Bertz CT molecular complexity index is 634. The van der Waals surface area contributed by atoms with Crippen LogP contribution >= 0.6 is 0 Å². The van der Waals surface area contributed by atoms with Crippen LogP contribution < -0.4 is 4.90 Å². The molecule has 0 N–H and O–H groups in total. The molecule has 0 amide bonds. The van der Waals surface area contributed by atoms with Gasteiger partial charge in [0.05, 0.1) is 12.1 Å². The number of aliphatic imine (C=N–C) groups is 1. The number of hydrogen-bond donors (Lipinski definition) is 0. The van der Waals surface area contributed by atoms with E-state index in [0.717, 1.165) is 25.9 Å². The first kappa shape index (κ1) is 18.4. The molecule has 0 saturated carbocycles. The zero-order valence-electron chi connectivity index (χ0n) is 14.9. The van der Waals surface area contributed by atoms with E-state index in [0.29, 0.717) is 18.1 Å². The van der Waals surface area contributed by atoms with Crippen molar-refractivity contribution in [2.24, 2.45) is 10.9 Å². The lowest BCUT2D eigenvalue weighted by atomic mass is 9.90. The Labute approximate surface area is 143 Å². The van der Waals surface area contributed by atoms with Gasteiger partial charge in [-0.25, -0.2) is 0 Å². The van der Waals surface area contributed by atoms with Crippen LogP contribution in [0, 0.1) is 12.8 Å². The maximum absolute atomic E-state index is 8.12. The van der Waals surface area contributed by atoms with Crippen LogP contribution in [0.5, 0.6) is 0 Å². The predicted octanol–water partition coefficient (Wildman–Crippen LogP) is 2.64. The van der Waals surface area contributed by atoms with Crippen LogP contribution in [0.25, 0.3) is 0 Å². The number of benzene rings is 1. The summed E-state index contributed by atoms with van der Waals surface area (Å²) in [6.07, 6.45) is 4.90. The molecule has 1 unspecified atom stereocenters. The molecule has 2 aliphatic rings. The van der Waals surface area contributed by atoms with Gasteiger partial charge in [0, 0.05) is 32.1 Å². The monoisotopic (exact) mass is 330 g/mol. The van der Waals surface area contributed by atoms with E-state index in [-0.39, 0.29) is 6.15 Å². The standard InChI is InChI=1S/C18H26N2O.CO2/c1-12(2)17-8-14-9-18(13(3)7-15(14)10-19-17)20-6-5-16(11-20)21-4;2-1-3/h7,9-10,12,16-17H,5-6,8,11H2,1-4H3;/t16-,17?;/m1./s1. The number of carbonyl (C=O) groups excluding carboxylic acids is 2. The van der Waals surface area contributed by atoms with Gasteiger partial charge in [-0.15, -0.1) is 0 Å². The summed E-state index contributed by atoms with van der Waals surface area (Å²) in [5.41, 5.74) is 5.48. The summed E-state index contributed by atoms with van der Waals surface area (Å²) in [5, 5.41) is 0. The minimum Gasteiger partial charge on any atom is -0.380 e. The molecule has 0 aromatic heterocycles. The molecule has 2 aliphatic heterocycles. The quantitative estimate of drug-likeness (QED) is 0.855. The van der Waals surface area contributed by atoms with Crippen molar-refractivity contribution >= 4 is 18.1 Å². The number of hydrogen-bond acceptors (Lipinski definition) is 5. The molecule has 5 nitrogen and oxygen atoms in total. The molecule has 1 fully saturated rings. The largest absolute Gasteiger partial charge is 0.380 e. The molecular formula is C19H26N2O3. The van der Waals surface area contributed by atoms with Crippen molar-refractivity contribution < 1.29 is 14.3 Å². The van der Waals surface area contributed by atoms with Gasteiger partial charge in [-0.2, -0.15) is 9.59 Å². The molecule has 0 radical (unpaired) electrons. The van der Waals surface area contributed by atoms with Crippen molar-refractivity contribution in [1.29, 1.82) is 0 Å². The van der Waals surface area contributed by atoms with Gasteiger partial charge in [-0.3, -0.25) is 4.99 Å². The number of fused-ring (bicyclic) bond motifs is 1. The Hall–Kier alpha value is -1.97. The fourth-order valence-corrected chi connectivity index (χ4v) is 3.40. The lowest BCUT2D eigenvalue weighted by Crippen LogP contribution is -2.25. The molecule has 3 rings (SSSR count). The van der Waals surface area contributed by atoms with Gasteiger partial charge in [0.1, 0.15) is 0 Å². The molecule has 5 heteroatoms. The van der Waals surface area contributed by atoms with E-state index in [4.69, 9.17) is 19.3 Å². The number of aryl methyl sites for hydroxylation is 1. The Morgan fingerprint density at radius 1 is 1.33 bits per heavy atom. The van der Waals surface area contributed by atoms with E-state index >= 15 is 0 Å². The second-order valence-corrected chi connectivity index (χ2v) is 6.81. The summed E-state index contributed by atoms with van der Waals surface area (Å²) in [6, 6.07) is 5.12. The van der Waals surface area contributed by atoms with Gasteiger partial charge in [0.2, 0.25) is 0 Å². The number of anilines is 1. The van der Waals surface area contributed by atoms with Crippen molar-refractivity contribution in [3.05, 3.63) is 28.8 Å². The smallest absolute Gasteiger partial charge is 0.373 e. The van der Waals surface area contributed by atoms with Crippen molar-refractivity contribution in [2.75, 3.05) is 25.1 Å². The molecule has 0 spiro atoms. The van der Waals surface area contributed by atoms with Crippen molar-refractivity contribution in [3.63, 3.8) is 0 Å². The fraction of sp³-hybridized carbons (Fsp3) is 0.579. The van der Waals surface area contributed by atoms with E-state index in [1.165, 1.54) is 22.4 Å². The minimum atomic E-state index is 0.250. The third-order valence-electron chi connectivity index (χ3n) is 4.88. The van der Waals surface area contributed by atoms with E-state index in [9.17, 15) is 0 Å². The Morgan fingerprint density at radius 3 is 2.62 bits per heavy atom. The van der Waals surface area contributed by atoms with Crippen molar-refractivity contribution in [1.82, 2.24) is 0 Å². The Morgan fingerprint density at radius 2 is 2.04 bits per heavy atom. The normalized spacial score (nSPS) is 22.0. The van der Waals surface area contributed by atoms with E-state index in [1.54, 1.807) is 0 Å². The highest BCUT2D eigenvalue weighted by atomic mass is 16.5. The van der Waals surface area contributed by atoms with Crippen molar-refractivity contribution in [2.45, 2.75) is 45.8 Å². The molecule has 2 atom stereocenters. The fourth-order valence-electron chi connectivity index (χ4n) is 3.40. The van der Waals surface area contributed by atoms with Gasteiger partial charge in [-0.1, -0.05) is 13.8 Å². The summed E-state index contributed by atoms with van der Waals surface area (Å²) >= 11 is 0. The molecule has 130 valence electrons. The number of methoxy groups -OCH3 is 1. The highest BCUT2D eigenvalue weighted by Gasteiger charge is 2.25. The average Bonchev–Trinajstić information content (AvgIpc) is 3.03. The van der Waals surface area contributed by atoms with E-state index in [1.807, 2.05) is 7.11 Å². The van der Waals surface area contributed by atoms with Gasteiger partial charge < -0.3 is 9.64 Å². The van der Waals surface area contributed by atoms with Gasteiger partial charge >= 0.3 is 6.15 Å². The molecule has 0 bridgehead atoms. The first-order valence-corrected chi connectivity index (χ1v) is 8.43. The zero-order valence-corrected chi connectivity index (χ0v) is 14.9. The third kappa shape index (κ3) is 4.11. The molecule has 24 heavy (non-hydrogen) atoms. The SMILES string of the molecule is CO[C@@H]1CCN(c2cc3c(cc2C)C=NC(C(C)C)C3)C1.O=C=O. The minimum absolute atomic E-state index is 0.250. The molecule has 1 aromatic rings.